The number of anilines is 2. The third-order valence-electron chi connectivity index (χ3n) is 4.47. The number of carboxylic acid groups (broad SMARTS) is 1. The summed E-state index contributed by atoms with van der Waals surface area (Å²) in [5.74, 6) is -1.31. The predicted octanol–water partition coefficient (Wildman–Crippen LogP) is 4.66. The van der Waals surface area contributed by atoms with Gasteiger partial charge in [-0.2, -0.15) is 0 Å². The highest BCUT2D eigenvalue weighted by molar-refractivity contribution is 6.06. The van der Waals surface area contributed by atoms with Gasteiger partial charge in [0.15, 0.2) is 0 Å². The molecule has 0 saturated heterocycles. The monoisotopic (exact) mass is 374 g/mol. The van der Waals surface area contributed by atoms with Crippen LogP contribution in [0.5, 0.6) is 0 Å². The predicted molar refractivity (Wildman–Crippen MR) is 111 cm³/mol. The summed E-state index contributed by atoms with van der Waals surface area (Å²) in [6.07, 6.45) is 0. The Kier molecular flexibility index (Phi) is 6.07. The Morgan fingerprint density at radius 3 is 2.14 bits per heavy atom. The molecule has 1 amide bonds. The van der Waals surface area contributed by atoms with Crippen molar-refractivity contribution in [1.82, 2.24) is 0 Å². The molecule has 0 unspecified atom stereocenters. The summed E-state index contributed by atoms with van der Waals surface area (Å²) in [5.41, 5.74) is 3.03. The molecule has 0 aliphatic rings. The van der Waals surface area contributed by atoms with Crippen LogP contribution in [0.3, 0.4) is 0 Å². The van der Waals surface area contributed by atoms with E-state index in [1.54, 1.807) is 36.4 Å². The van der Waals surface area contributed by atoms with E-state index in [-0.39, 0.29) is 11.5 Å². The molecule has 0 aliphatic heterocycles. The molecule has 3 rings (SSSR count). The molecular formula is C23H22N2O3. The quantitative estimate of drug-likeness (QED) is 0.631. The first-order valence-corrected chi connectivity index (χ1v) is 9.11. The van der Waals surface area contributed by atoms with E-state index in [0.29, 0.717) is 24.3 Å². The van der Waals surface area contributed by atoms with E-state index in [0.717, 1.165) is 11.3 Å². The van der Waals surface area contributed by atoms with Crippen LogP contribution in [-0.4, -0.2) is 23.5 Å². The van der Waals surface area contributed by atoms with Gasteiger partial charge in [-0.1, -0.05) is 48.5 Å². The van der Waals surface area contributed by atoms with Gasteiger partial charge in [-0.25, -0.2) is 4.79 Å². The van der Waals surface area contributed by atoms with Crippen molar-refractivity contribution in [2.45, 2.75) is 13.5 Å². The summed E-state index contributed by atoms with van der Waals surface area (Å²) >= 11 is 0. The van der Waals surface area contributed by atoms with Gasteiger partial charge in [0, 0.05) is 18.7 Å². The molecule has 0 saturated carbocycles. The fourth-order valence-electron chi connectivity index (χ4n) is 3.00. The standard InChI is InChI=1S/C23H22N2O3/c1-2-25(16-17-9-5-3-6-10-17)21-14-13-19(23(27)28)15-20(21)24-22(26)18-11-7-4-8-12-18/h3-15H,2,16H2,1H3,(H,24,26)(H,27,28). The number of amides is 1. The lowest BCUT2D eigenvalue weighted by Gasteiger charge is -2.26. The smallest absolute Gasteiger partial charge is 0.335 e. The highest BCUT2D eigenvalue weighted by Crippen LogP contribution is 2.29. The molecule has 2 N–H and O–H groups in total. The van der Waals surface area contributed by atoms with Gasteiger partial charge < -0.3 is 15.3 Å². The maximum absolute atomic E-state index is 12.6. The largest absolute Gasteiger partial charge is 0.478 e. The Balaban J connectivity index is 1.95. The summed E-state index contributed by atoms with van der Waals surface area (Å²) in [5, 5.41) is 12.2. The molecule has 0 atom stereocenters. The van der Waals surface area contributed by atoms with Gasteiger partial charge in [0.25, 0.3) is 5.91 Å². The summed E-state index contributed by atoms with van der Waals surface area (Å²) in [6.45, 7) is 3.38. The van der Waals surface area contributed by atoms with Crippen molar-refractivity contribution in [2.75, 3.05) is 16.8 Å². The van der Waals surface area contributed by atoms with Gasteiger partial charge in [0.1, 0.15) is 0 Å². The summed E-state index contributed by atoms with van der Waals surface area (Å²) in [7, 11) is 0. The molecule has 3 aromatic carbocycles. The molecule has 0 fully saturated rings. The second kappa shape index (κ2) is 8.86. The number of aromatic carboxylic acids is 1. The molecule has 142 valence electrons. The molecule has 5 heteroatoms. The molecular weight excluding hydrogens is 352 g/mol. The SMILES string of the molecule is CCN(Cc1ccccc1)c1ccc(C(=O)O)cc1NC(=O)c1ccccc1. The Morgan fingerprint density at radius 1 is 0.893 bits per heavy atom. The number of carbonyl (C=O) groups is 2. The van der Waals surface area contributed by atoms with Crippen molar-refractivity contribution in [2.24, 2.45) is 0 Å². The molecule has 0 bridgehead atoms. The lowest BCUT2D eigenvalue weighted by molar-refractivity contribution is 0.0696. The van der Waals surface area contributed by atoms with Crippen molar-refractivity contribution in [3.63, 3.8) is 0 Å². The molecule has 5 nitrogen and oxygen atoms in total. The number of carboxylic acids is 1. The molecule has 0 spiro atoms. The van der Waals surface area contributed by atoms with Crippen molar-refractivity contribution < 1.29 is 14.7 Å². The molecule has 3 aromatic rings. The van der Waals surface area contributed by atoms with Crippen LogP contribution in [0.4, 0.5) is 11.4 Å². The van der Waals surface area contributed by atoms with E-state index in [2.05, 4.69) is 10.2 Å². The first kappa shape index (κ1) is 19.2. The van der Waals surface area contributed by atoms with E-state index < -0.39 is 5.97 Å². The molecule has 0 heterocycles. The summed E-state index contributed by atoms with van der Waals surface area (Å²) < 4.78 is 0. The topological polar surface area (TPSA) is 69.6 Å². The molecule has 0 aromatic heterocycles. The van der Waals surface area contributed by atoms with Crippen molar-refractivity contribution in [1.29, 1.82) is 0 Å². The lowest BCUT2D eigenvalue weighted by atomic mass is 10.1. The van der Waals surface area contributed by atoms with Crippen LogP contribution in [0.25, 0.3) is 0 Å². The summed E-state index contributed by atoms with van der Waals surface area (Å²) in [6, 6.07) is 23.7. The number of rotatable bonds is 7. The van der Waals surface area contributed by atoms with Crippen LogP contribution in [0.1, 0.15) is 33.2 Å². The van der Waals surface area contributed by atoms with Gasteiger partial charge in [-0.15, -0.1) is 0 Å². The number of hydrogen-bond acceptors (Lipinski definition) is 3. The van der Waals surface area contributed by atoms with Crippen molar-refractivity contribution in [3.05, 3.63) is 95.6 Å². The normalized spacial score (nSPS) is 10.3. The van der Waals surface area contributed by atoms with Gasteiger partial charge in [0.2, 0.25) is 0 Å². The third kappa shape index (κ3) is 4.57. The summed E-state index contributed by atoms with van der Waals surface area (Å²) in [4.78, 5) is 26.2. The van der Waals surface area contributed by atoms with Crippen LogP contribution < -0.4 is 10.2 Å². The average Bonchev–Trinajstić information content (AvgIpc) is 2.73. The second-order valence-electron chi connectivity index (χ2n) is 6.36. The molecule has 0 aliphatic carbocycles. The van der Waals surface area contributed by atoms with Crippen molar-refractivity contribution >= 4 is 23.3 Å². The number of nitrogens with zero attached hydrogens (tertiary/aromatic N) is 1. The lowest BCUT2D eigenvalue weighted by Crippen LogP contribution is -2.24. The number of benzene rings is 3. The number of carbonyl (C=O) groups excluding carboxylic acids is 1. The zero-order chi connectivity index (χ0) is 19.9. The van der Waals surface area contributed by atoms with Crippen LogP contribution in [-0.2, 0) is 6.54 Å². The molecule has 28 heavy (non-hydrogen) atoms. The Labute approximate surface area is 164 Å². The van der Waals surface area contributed by atoms with Crippen molar-refractivity contribution in [3.8, 4) is 0 Å². The highest BCUT2D eigenvalue weighted by Gasteiger charge is 2.16. The Morgan fingerprint density at radius 2 is 1.54 bits per heavy atom. The van der Waals surface area contributed by atoms with Gasteiger partial charge in [0.05, 0.1) is 16.9 Å². The Bertz CT molecular complexity index is 956. The van der Waals surface area contributed by atoms with Gasteiger partial charge in [-0.05, 0) is 42.8 Å². The minimum atomic E-state index is -1.03. The first-order chi connectivity index (χ1) is 13.6. The van der Waals surface area contributed by atoms with E-state index in [1.165, 1.54) is 6.07 Å². The van der Waals surface area contributed by atoms with E-state index >= 15 is 0 Å². The number of hydrogen-bond donors (Lipinski definition) is 2. The number of nitrogens with one attached hydrogen (secondary N) is 1. The maximum Gasteiger partial charge on any atom is 0.335 e. The zero-order valence-corrected chi connectivity index (χ0v) is 15.6. The van der Waals surface area contributed by atoms with Gasteiger partial charge >= 0.3 is 5.97 Å². The second-order valence-corrected chi connectivity index (χ2v) is 6.36. The minimum absolute atomic E-state index is 0.128. The third-order valence-corrected chi connectivity index (χ3v) is 4.47. The van der Waals surface area contributed by atoms with E-state index in [9.17, 15) is 14.7 Å². The van der Waals surface area contributed by atoms with E-state index in [1.807, 2.05) is 43.3 Å². The minimum Gasteiger partial charge on any atom is -0.478 e. The molecule has 0 radical (unpaired) electrons. The fraction of sp³-hybridized carbons (Fsp3) is 0.130. The maximum atomic E-state index is 12.6. The first-order valence-electron chi connectivity index (χ1n) is 9.11. The van der Waals surface area contributed by atoms with Crippen LogP contribution in [0, 0.1) is 0 Å². The zero-order valence-electron chi connectivity index (χ0n) is 15.6. The van der Waals surface area contributed by atoms with Crippen LogP contribution in [0.2, 0.25) is 0 Å². The van der Waals surface area contributed by atoms with Crippen LogP contribution >= 0.6 is 0 Å². The Hall–Kier alpha value is -3.60. The van der Waals surface area contributed by atoms with Crippen LogP contribution in [0.15, 0.2) is 78.9 Å². The highest BCUT2D eigenvalue weighted by atomic mass is 16.4. The van der Waals surface area contributed by atoms with Gasteiger partial charge in [-0.3, -0.25) is 4.79 Å². The fourth-order valence-corrected chi connectivity index (χ4v) is 3.00. The van der Waals surface area contributed by atoms with E-state index in [4.69, 9.17) is 0 Å². The average molecular weight is 374 g/mol.